The van der Waals surface area contributed by atoms with Gasteiger partial charge in [0.15, 0.2) is 5.78 Å². The van der Waals surface area contributed by atoms with Crippen molar-refractivity contribution in [3.8, 4) is 0 Å². The average molecular weight is 378 g/mol. The number of urea groups is 1. The zero-order chi connectivity index (χ0) is 19.5. The van der Waals surface area contributed by atoms with Gasteiger partial charge in [0.05, 0.1) is 10.9 Å². The number of H-pyrrole nitrogens is 1. The van der Waals surface area contributed by atoms with E-state index >= 15 is 0 Å². The minimum absolute atomic E-state index is 0.216. The number of anilines is 2. The quantitative estimate of drug-likeness (QED) is 0.519. The first-order valence-electron chi connectivity index (χ1n) is 9.41. The number of ketones is 1. The fourth-order valence-electron chi connectivity index (χ4n) is 3.66. The fourth-order valence-corrected chi connectivity index (χ4v) is 3.66. The van der Waals surface area contributed by atoms with Gasteiger partial charge in [-0.3, -0.25) is 4.79 Å². The Kier molecular flexibility index (Phi) is 4.92. The van der Waals surface area contributed by atoms with Crippen molar-refractivity contribution in [3.05, 3.63) is 47.9 Å². The van der Waals surface area contributed by atoms with Crippen LogP contribution in [0.5, 0.6) is 0 Å². The molecule has 0 bridgehead atoms. The van der Waals surface area contributed by atoms with Crippen molar-refractivity contribution in [2.75, 3.05) is 11.1 Å². The van der Waals surface area contributed by atoms with Crippen molar-refractivity contribution in [2.45, 2.75) is 38.1 Å². The molecule has 1 aromatic carbocycles. The number of hydrogen-bond donors (Lipinski definition) is 4. The molecule has 1 fully saturated rings. The number of aromatic nitrogens is 3. The van der Waals surface area contributed by atoms with Crippen LogP contribution in [-0.2, 0) is 0 Å². The molecule has 1 aliphatic rings. The second-order valence-electron chi connectivity index (χ2n) is 7.03. The molecule has 1 aliphatic carbocycles. The number of carbonyl (C=O) groups is 2. The van der Waals surface area contributed by atoms with Crippen LogP contribution in [0.4, 0.5) is 16.3 Å². The van der Waals surface area contributed by atoms with Gasteiger partial charge in [-0.25, -0.2) is 14.8 Å². The van der Waals surface area contributed by atoms with Crippen LogP contribution in [-0.4, -0.2) is 32.8 Å². The predicted octanol–water partition coefficient (Wildman–Crippen LogP) is 3.23. The third kappa shape index (κ3) is 3.66. The summed E-state index contributed by atoms with van der Waals surface area (Å²) in [6.45, 7) is 0. The van der Waals surface area contributed by atoms with E-state index < -0.39 is 0 Å². The molecule has 3 aromatic rings. The van der Waals surface area contributed by atoms with Crippen LogP contribution in [0.1, 0.15) is 48.0 Å². The number of aromatic amines is 1. The standard InChI is InChI=1S/C20H22N6O2/c21-18-16-15(10-22-19(16)24-11-23-18)17(27)12-5-4-8-14(9-12)26-20(28)25-13-6-2-1-3-7-13/h4-5,8-11,13H,1-3,6-7H2,(H2,25,26,28)(H3,21,22,23,24). The van der Waals surface area contributed by atoms with Crippen molar-refractivity contribution in [2.24, 2.45) is 0 Å². The molecule has 2 heterocycles. The molecule has 8 nitrogen and oxygen atoms in total. The summed E-state index contributed by atoms with van der Waals surface area (Å²) in [6, 6.07) is 6.81. The zero-order valence-electron chi connectivity index (χ0n) is 15.4. The van der Waals surface area contributed by atoms with E-state index in [0.717, 1.165) is 25.7 Å². The van der Waals surface area contributed by atoms with Gasteiger partial charge in [-0.05, 0) is 25.0 Å². The monoisotopic (exact) mass is 378 g/mol. The summed E-state index contributed by atoms with van der Waals surface area (Å²) in [5.74, 6) is 0.0276. The maximum Gasteiger partial charge on any atom is 0.319 e. The van der Waals surface area contributed by atoms with E-state index in [1.54, 1.807) is 30.5 Å². The second kappa shape index (κ2) is 7.67. The molecule has 0 aliphatic heterocycles. The maximum absolute atomic E-state index is 13.0. The second-order valence-corrected chi connectivity index (χ2v) is 7.03. The Morgan fingerprint density at radius 3 is 2.79 bits per heavy atom. The summed E-state index contributed by atoms with van der Waals surface area (Å²) in [5, 5.41) is 6.32. The Balaban J connectivity index is 1.51. The molecule has 8 heteroatoms. The molecule has 0 spiro atoms. The number of nitrogens with zero attached hydrogens (tertiary/aromatic N) is 2. The highest BCUT2D eigenvalue weighted by atomic mass is 16.2. The maximum atomic E-state index is 13.0. The molecule has 0 atom stereocenters. The molecule has 2 aromatic heterocycles. The highest BCUT2D eigenvalue weighted by Gasteiger charge is 2.19. The van der Waals surface area contributed by atoms with E-state index in [-0.39, 0.29) is 23.7 Å². The molecule has 0 saturated heterocycles. The van der Waals surface area contributed by atoms with Gasteiger partial charge in [0.1, 0.15) is 17.8 Å². The number of fused-ring (bicyclic) bond motifs is 1. The molecule has 1 saturated carbocycles. The number of benzene rings is 1. The van der Waals surface area contributed by atoms with Gasteiger partial charge in [-0.1, -0.05) is 31.4 Å². The third-order valence-corrected chi connectivity index (χ3v) is 5.07. The molecular weight excluding hydrogens is 356 g/mol. The van der Waals surface area contributed by atoms with Gasteiger partial charge in [-0.2, -0.15) is 0 Å². The van der Waals surface area contributed by atoms with Crippen LogP contribution >= 0.6 is 0 Å². The first kappa shape index (κ1) is 18.0. The lowest BCUT2D eigenvalue weighted by atomic mass is 9.96. The molecule has 5 N–H and O–H groups in total. The zero-order valence-corrected chi connectivity index (χ0v) is 15.4. The van der Waals surface area contributed by atoms with Gasteiger partial charge >= 0.3 is 6.03 Å². The van der Waals surface area contributed by atoms with Crippen LogP contribution < -0.4 is 16.4 Å². The summed E-state index contributed by atoms with van der Waals surface area (Å²) >= 11 is 0. The van der Waals surface area contributed by atoms with Crippen molar-refractivity contribution in [3.63, 3.8) is 0 Å². The Bertz CT molecular complexity index is 1020. The normalized spacial score (nSPS) is 14.7. The number of hydrogen-bond acceptors (Lipinski definition) is 5. The summed E-state index contributed by atoms with van der Waals surface area (Å²) in [5.41, 5.74) is 7.83. The Morgan fingerprint density at radius 1 is 1.14 bits per heavy atom. The highest BCUT2D eigenvalue weighted by Crippen LogP contribution is 2.24. The largest absolute Gasteiger partial charge is 0.383 e. The number of nitrogen functional groups attached to an aromatic ring is 1. The lowest BCUT2D eigenvalue weighted by Gasteiger charge is -2.22. The van der Waals surface area contributed by atoms with E-state index in [4.69, 9.17) is 5.73 Å². The SMILES string of the molecule is Nc1ncnc2[nH]cc(C(=O)c3cccc(NC(=O)NC4CCCCC4)c3)c12. The van der Waals surface area contributed by atoms with Crippen LogP contribution in [0.25, 0.3) is 11.0 Å². The number of rotatable bonds is 4. The van der Waals surface area contributed by atoms with Gasteiger partial charge in [0, 0.05) is 23.5 Å². The van der Waals surface area contributed by atoms with Gasteiger partial charge in [0.2, 0.25) is 0 Å². The van der Waals surface area contributed by atoms with Crippen molar-refractivity contribution < 1.29 is 9.59 Å². The highest BCUT2D eigenvalue weighted by molar-refractivity contribution is 6.18. The third-order valence-electron chi connectivity index (χ3n) is 5.07. The van der Waals surface area contributed by atoms with E-state index in [9.17, 15) is 9.59 Å². The van der Waals surface area contributed by atoms with Crippen LogP contribution in [0.2, 0.25) is 0 Å². The van der Waals surface area contributed by atoms with Gasteiger partial charge < -0.3 is 21.4 Å². The molecule has 144 valence electrons. The average Bonchev–Trinajstić information content (AvgIpc) is 3.14. The summed E-state index contributed by atoms with van der Waals surface area (Å²) in [6.07, 6.45) is 8.46. The topological polar surface area (TPSA) is 126 Å². The van der Waals surface area contributed by atoms with Gasteiger partial charge in [0.25, 0.3) is 0 Å². The first-order valence-corrected chi connectivity index (χ1v) is 9.41. The van der Waals surface area contributed by atoms with Crippen LogP contribution in [0.3, 0.4) is 0 Å². The summed E-state index contributed by atoms with van der Waals surface area (Å²) in [4.78, 5) is 36.2. The molecule has 4 rings (SSSR count). The van der Waals surface area contributed by atoms with Crippen molar-refractivity contribution >= 4 is 34.4 Å². The lowest BCUT2D eigenvalue weighted by molar-refractivity contribution is 0.104. The summed E-state index contributed by atoms with van der Waals surface area (Å²) in [7, 11) is 0. The molecule has 28 heavy (non-hydrogen) atoms. The molecular formula is C20H22N6O2. The Hall–Kier alpha value is -3.42. The lowest BCUT2D eigenvalue weighted by Crippen LogP contribution is -2.39. The minimum Gasteiger partial charge on any atom is -0.383 e. The number of carbonyl (C=O) groups excluding carboxylic acids is 2. The smallest absolute Gasteiger partial charge is 0.319 e. The van der Waals surface area contributed by atoms with Crippen LogP contribution in [0.15, 0.2) is 36.8 Å². The van der Waals surface area contributed by atoms with Crippen molar-refractivity contribution in [1.29, 1.82) is 0 Å². The molecule has 0 radical (unpaired) electrons. The van der Waals surface area contributed by atoms with Crippen molar-refractivity contribution in [1.82, 2.24) is 20.3 Å². The van der Waals surface area contributed by atoms with E-state index in [0.29, 0.717) is 27.8 Å². The number of amides is 2. The summed E-state index contributed by atoms with van der Waals surface area (Å²) < 4.78 is 0. The Labute approximate surface area is 161 Å². The number of nitrogens with one attached hydrogen (secondary N) is 3. The first-order chi connectivity index (χ1) is 13.6. The van der Waals surface area contributed by atoms with Gasteiger partial charge in [-0.15, -0.1) is 0 Å². The molecule has 0 unspecified atom stereocenters. The van der Waals surface area contributed by atoms with E-state index in [1.165, 1.54) is 12.7 Å². The minimum atomic E-state index is -0.249. The number of nitrogens with two attached hydrogens (primary N) is 1. The van der Waals surface area contributed by atoms with E-state index in [2.05, 4.69) is 25.6 Å². The molecule has 2 amide bonds. The van der Waals surface area contributed by atoms with Crippen LogP contribution in [0, 0.1) is 0 Å². The van der Waals surface area contributed by atoms with E-state index in [1.807, 2.05) is 0 Å². The predicted molar refractivity (Wildman–Crippen MR) is 107 cm³/mol. The fraction of sp³-hybridized carbons (Fsp3) is 0.300. The Morgan fingerprint density at radius 2 is 1.96 bits per heavy atom.